The van der Waals surface area contributed by atoms with Crippen LogP contribution in [0.5, 0.6) is 0 Å². The molecule has 0 saturated carbocycles. The number of carbonyl (C=O) groups excluding carboxylic acids is 1. The maximum absolute atomic E-state index is 10.6. The number of halogens is 9. The predicted molar refractivity (Wildman–Crippen MR) is 223 cm³/mol. The van der Waals surface area contributed by atoms with Crippen molar-refractivity contribution in [2.75, 3.05) is 13.1 Å². The van der Waals surface area contributed by atoms with E-state index >= 15 is 0 Å². The third kappa shape index (κ3) is 44.5. The Labute approximate surface area is 376 Å². The molecule has 0 aliphatic heterocycles. The molecule has 374 valence electrons. The predicted octanol–water partition coefficient (Wildman–Crippen LogP) is 10.4. The molecule has 11 nitrogen and oxygen atoms in total. The minimum atomic E-state index is -5.19. The molecule has 0 unspecified atom stereocenters. The van der Waals surface area contributed by atoms with Crippen LogP contribution in [0.3, 0.4) is 0 Å². The number of aromatic nitrogens is 2. The summed E-state index contributed by atoms with van der Waals surface area (Å²) in [6.45, 7) is 2.71. The number of aliphatic carboxylic acids is 4. The van der Waals surface area contributed by atoms with E-state index < -0.39 is 42.4 Å². The molecule has 2 aromatic rings. The second kappa shape index (κ2) is 38.7. The van der Waals surface area contributed by atoms with Crippen LogP contribution in [0, 0.1) is 0 Å². The maximum Gasteiger partial charge on any atom is 0.490 e. The summed E-state index contributed by atoms with van der Waals surface area (Å²) in [5.41, 5.74) is 2.88. The molecule has 0 fully saturated rings. The van der Waals surface area contributed by atoms with E-state index in [2.05, 4.69) is 45.5 Å². The van der Waals surface area contributed by atoms with Gasteiger partial charge in [0.15, 0.2) is 12.4 Å². The molecule has 0 saturated heterocycles. The van der Waals surface area contributed by atoms with Gasteiger partial charge in [-0.2, -0.15) is 39.5 Å². The number of nitrogens with zero attached hydrogens (tertiary/aromatic N) is 2. The number of nitrogens with one attached hydrogen (secondary N) is 1. The Morgan fingerprint density at radius 2 is 0.908 bits per heavy atom. The van der Waals surface area contributed by atoms with Crippen LogP contribution in [-0.4, -0.2) is 75.8 Å². The lowest BCUT2D eigenvalue weighted by atomic mass is 10.0. The normalized spacial score (nSPS) is 11.3. The highest BCUT2D eigenvalue weighted by Gasteiger charge is 2.39. The van der Waals surface area contributed by atoms with Gasteiger partial charge in [-0.3, -0.25) is 9.78 Å². The molecule has 0 aromatic carbocycles. The van der Waals surface area contributed by atoms with Crippen LogP contribution < -0.4 is 15.0 Å². The zero-order valence-electron chi connectivity index (χ0n) is 37.1. The number of aryl methyl sites for hydroxylation is 3. The number of alkyl halides is 9. The van der Waals surface area contributed by atoms with Crippen molar-refractivity contribution in [3.63, 3.8) is 0 Å². The molecule has 0 aliphatic carbocycles. The monoisotopic (exact) mass is 949 g/mol. The van der Waals surface area contributed by atoms with Gasteiger partial charge >= 0.3 is 36.4 Å². The molecule has 2 aromatic heterocycles. The van der Waals surface area contributed by atoms with Gasteiger partial charge in [-0.1, -0.05) is 115 Å². The lowest BCUT2D eigenvalue weighted by Gasteiger charge is -2.05. The average Bonchev–Trinajstić information content (AvgIpc) is 3.22. The fourth-order valence-electron chi connectivity index (χ4n) is 6.11. The largest absolute Gasteiger partial charge is 0.542 e. The van der Waals surface area contributed by atoms with Crippen molar-refractivity contribution < 1.29 is 83.7 Å². The van der Waals surface area contributed by atoms with Crippen LogP contribution >= 0.6 is 0 Å². The third-order valence-electron chi connectivity index (χ3n) is 9.58. The quantitative estimate of drug-likeness (QED) is 0.0323. The van der Waals surface area contributed by atoms with Crippen LogP contribution in [0.1, 0.15) is 159 Å². The first-order valence-electron chi connectivity index (χ1n) is 22.2. The van der Waals surface area contributed by atoms with E-state index in [1.807, 2.05) is 18.5 Å². The van der Waals surface area contributed by atoms with Crippen LogP contribution in [0.15, 0.2) is 49.1 Å². The number of unbranched alkanes of at least 4 members (excludes halogenated alkanes) is 20. The summed E-state index contributed by atoms with van der Waals surface area (Å²) in [5.74, 6) is -9.24. The Morgan fingerprint density at radius 3 is 1.28 bits per heavy atom. The second-order valence-corrected chi connectivity index (χ2v) is 15.4. The number of hydrogen-bond acceptors (Lipinski definition) is 7. The summed E-state index contributed by atoms with van der Waals surface area (Å²) < 4.78 is 97.4. The fourth-order valence-corrected chi connectivity index (χ4v) is 6.11. The zero-order chi connectivity index (χ0) is 49.4. The number of carbonyl (C=O) groups is 4. The zero-order valence-corrected chi connectivity index (χ0v) is 37.1. The molecule has 2 rings (SSSR count). The van der Waals surface area contributed by atoms with Gasteiger partial charge in [-0.25, -0.2) is 14.2 Å². The van der Waals surface area contributed by atoms with Gasteiger partial charge in [0.05, 0.1) is 6.42 Å². The molecular formula is C45H68F9N3O8. The first-order valence-corrected chi connectivity index (χ1v) is 22.2. The van der Waals surface area contributed by atoms with Crippen molar-refractivity contribution in [2.24, 2.45) is 0 Å². The summed E-state index contributed by atoms with van der Waals surface area (Å²) in [5, 5.41) is 34.9. The lowest BCUT2D eigenvalue weighted by Crippen LogP contribution is -2.37. The van der Waals surface area contributed by atoms with Crippen molar-refractivity contribution in [3.05, 3.63) is 60.2 Å². The fraction of sp³-hybridized carbons (Fsp3) is 0.689. The first-order chi connectivity index (χ1) is 30.6. The van der Waals surface area contributed by atoms with Crippen molar-refractivity contribution in [1.82, 2.24) is 10.3 Å². The lowest BCUT2D eigenvalue weighted by molar-refractivity contribution is -0.697. The Hall–Kier alpha value is -4.49. The van der Waals surface area contributed by atoms with E-state index in [9.17, 15) is 44.3 Å². The first kappa shape index (κ1) is 62.6. The smallest absolute Gasteiger partial charge is 0.490 e. The van der Waals surface area contributed by atoms with E-state index in [0.29, 0.717) is 6.54 Å². The Kier molecular flexibility index (Phi) is 37.3. The van der Waals surface area contributed by atoms with Gasteiger partial charge in [0.1, 0.15) is 12.5 Å². The Bertz CT molecular complexity index is 1460. The molecule has 0 radical (unpaired) electrons. The van der Waals surface area contributed by atoms with Crippen LogP contribution in [0.2, 0.25) is 0 Å². The van der Waals surface area contributed by atoms with Crippen molar-refractivity contribution >= 4 is 23.9 Å². The van der Waals surface area contributed by atoms with Crippen molar-refractivity contribution in [2.45, 2.75) is 186 Å². The summed E-state index contributed by atoms with van der Waals surface area (Å²) in [6, 6.07) is 8.78. The van der Waals surface area contributed by atoms with E-state index in [1.54, 1.807) is 0 Å². The van der Waals surface area contributed by atoms with Crippen LogP contribution in [0.4, 0.5) is 39.5 Å². The third-order valence-corrected chi connectivity index (χ3v) is 9.58. The average molecular weight is 950 g/mol. The van der Waals surface area contributed by atoms with Gasteiger partial charge in [-0.05, 0) is 62.8 Å². The van der Waals surface area contributed by atoms with Crippen molar-refractivity contribution in [1.29, 1.82) is 0 Å². The molecule has 65 heavy (non-hydrogen) atoms. The van der Waals surface area contributed by atoms with Crippen molar-refractivity contribution in [3.8, 4) is 0 Å². The molecule has 0 spiro atoms. The Balaban J connectivity index is 0. The van der Waals surface area contributed by atoms with Crippen LogP contribution in [0.25, 0.3) is 0 Å². The molecule has 0 atom stereocenters. The minimum absolute atomic E-state index is 0.225. The standard InChI is InChI=1S/C39H65N3O2.3C2HF3O2/c43-39(44)29-32-40-30-21-17-13-9-5-1-3-8-12-16-20-26-38-28-24-34-42(36-38)33-22-18-14-10-6-2-4-7-11-15-19-25-37-27-23-31-41-35-37;3*3-2(4,5)1(6)7/h23-24,27-28,31,34-36,40H,1-22,25-26,29-30,32-33H2;3*(H,6,7). The van der Waals surface area contributed by atoms with Gasteiger partial charge in [0, 0.05) is 37.0 Å². The SMILES string of the molecule is O=C(O)C(F)(F)F.O=C(O)C(F)(F)F.O=C(O)CCNCCCCCCCCCCCCCc1ccc[n+](CCCCCCCCCCCCCc2cccnc2)c1.O=C([O-])C(F)(F)F. The summed E-state index contributed by atoms with van der Waals surface area (Å²) in [4.78, 5) is 41.3. The summed E-state index contributed by atoms with van der Waals surface area (Å²) >= 11 is 0. The van der Waals surface area contributed by atoms with Gasteiger partial charge in [0.2, 0.25) is 0 Å². The molecular weight excluding hydrogens is 881 g/mol. The highest BCUT2D eigenvalue weighted by molar-refractivity contribution is 5.73. The van der Waals surface area contributed by atoms with E-state index in [-0.39, 0.29) is 6.42 Å². The number of pyridine rings is 2. The second-order valence-electron chi connectivity index (χ2n) is 15.4. The number of hydrogen-bond donors (Lipinski definition) is 4. The highest BCUT2D eigenvalue weighted by atomic mass is 19.4. The highest BCUT2D eigenvalue weighted by Crippen LogP contribution is 2.16. The number of carboxylic acids is 4. The minimum Gasteiger partial charge on any atom is -0.542 e. The van der Waals surface area contributed by atoms with Gasteiger partial charge < -0.3 is 30.5 Å². The van der Waals surface area contributed by atoms with E-state index in [0.717, 1.165) is 19.5 Å². The van der Waals surface area contributed by atoms with E-state index in [4.69, 9.17) is 34.8 Å². The molecule has 0 bridgehead atoms. The topological polar surface area (TPSA) is 181 Å². The van der Waals surface area contributed by atoms with Gasteiger partial charge in [0.25, 0.3) is 0 Å². The van der Waals surface area contributed by atoms with Crippen LogP contribution in [-0.2, 0) is 38.6 Å². The number of rotatable bonds is 31. The Morgan fingerprint density at radius 1 is 0.538 bits per heavy atom. The molecule has 2 heterocycles. The van der Waals surface area contributed by atoms with Gasteiger partial charge in [-0.15, -0.1) is 0 Å². The molecule has 20 heteroatoms. The molecule has 0 aliphatic rings. The summed E-state index contributed by atoms with van der Waals surface area (Å²) in [6.07, 6.45) is 25.6. The molecule has 0 amide bonds. The van der Waals surface area contributed by atoms with E-state index in [1.165, 1.54) is 159 Å². The number of carboxylic acid groups (broad SMARTS) is 4. The molecule has 4 N–H and O–H groups in total. The summed E-state index contributed by atoms with van der Waals surface area (Å²) in [7, 11) is 0. The maximum atomic E-state index is 10.6.